The summed E-state index contributed by atoms with van der Waals surface area (Å²) in [4.78, 5) is 30.4. The number of hydrogen-bond acceptors (Lipinski definition) is 3. The molecule has 1 amide bonds. The van der Waals surface area contributed by atoms with Gasteiger partial charge in [0.2, 0.25) is 0 Å². The van der Waals surface area contributed by atoms with Crippen molar-refractivity contribution >= 4 is 29.0 Å². The predicted molar refractivity (Wildman–Crippen MR) is 114 cm³/mol. The Kier molecular flexibility index (Phi) is 6.33. The number of carbonyl (C=O) groups excluding carboxylic acids is 2. The molecule has 2 heterocycles. The molecule has 1 aromatic heterocycles. The molecular weight excluding hydrogens is 369 g/mol. The van der Waals surface area contributed by atoms with E-state index in [0.29, 0.717) is 29.7 Å². The number of H-pyrrole nitrogens is 1. The first-order valence-corrected chi connectivity index (χ1v) is 10.1. The van der Waals surface area contributed by atoms with Crippen LogP contribution in [0.2, 0.25) is 0 Å². The Morgan fingerprint density at radius 3 is 2.62 bits per heavy atom. The summed E-state index contributed by atoms with van der Waals surface area (Å²) in [7, 11) is 0. The molecule has 0 radical (unpaired) electrons. The number of aromatic amines is 1. The third kappa shape index (κ3) is 4.48. The van der Waals surface area contributed by atoms with Gasteiger partial charge in [-0.1, -0.05) is 13.8 Å². The van der Waals surface area contributed by atoms with E-state index in [1.165, 1.54) is 12.1 Å². The molecular formula is C23H28FN3O2. The third-order valence-corrected chi connectivity index (χ3v) is 5.66. The number of anilines is 1. The Morgan fingerprint density at radius 2 is 1.93 bits per heavy atom. The zero-order valence-corrected chi connectivity index (χ0v) is 17.5. The van der Waals surface area contributed by atoms with E-state index in [9.17, 15) is 14.0 Å². The van der Waals surface area contributed by atoms with Crippen molar-refractivity contribution in [3.63, 3.8) is 0 Å². The molecule has 2 N–H and O–H groups in total. The lowest BCUT2D eigenvalue weighted by molar-refractivity contribution is -0.118. The number of carbonyl (C=O) groups is 2. The lowest BCUT2D eigenvalue weighted by Gasteiger charge is -2.17. The summed E-state index contributed by atoms with van der Waals surface area (Å²) in [6.07, 6.45) is 2.64. The number of hydrogen-bond donors (Lipinski definition) is 2. The summed E-state index contributed by atoms with van der Waals surface area (Å²) < 4.78 is 13.7. The Morgan fingerprint density at radius 1 is 1.21 bits per heavy atom. The molecule has 0 atom stereocenters. The van der Waals surface area contributed by atoms with Gasteiger partial charge in [0.25, 0.3) is 5.91 Å². The van der Waals surface area contributed by atoms with Gasteiger partial charge < -0.3 is 15.2 Å². The maximum atomic E-state index is 13.7. The van der Waals surface area contributed by atoms with Gasteiger partial charge in [-0.15, -0.1) is 0 Å². The van der Waals surface area contributed by atoms with Crippen LogP contribution in [0, 0.1) is 19.7 Å². The number of nitrogens with one attached hydrogen (secondary N) is 2. The minimum Gasteiger partial charge on any atom is -0.359 e. The third-order valence-electron chi connectivity index (χ3n) is 5.66. The van der Waals surface area contributed by atoms with Crippen molar-refractivity contribution in [2.24, 2.45) is 0 Å². The van der Waals surface area contributed by atoms with Crippen molar-refractivity contribution in [3.8, 4) is 0 Å². The fraction of sp³-hybridized carbons (Fsp3) is 0.391. The Bertz CT molecular complexity index is 971. The lowest BCUT2D eigenvalue weighted by Crippen LogP contribution is -2.26. The van der Waals surface area contributed by atoms with E-state index in [1.807, 2.05) is 13.8 Å². The van der Waals surface area contributed by atoms with Gasteiger partial charge in [0.05, 0.1) is 5.57 Å². The van der Waals surface area contributed by atoms with Crippen LogP contribution < -0.4 is 5.32 Å². The van der Waals surface area contributed by atoms with Gasteiger partial charge in [-0.25, -0.2) is 4.39 Å². The summed E-state index contributed by atoms with van der Waals surface area (Å²) in [5.41, 5.74) is 5.19. The van der Waals surface area contributed by atoms with Crippen molar-refractivity contribution in [2.45, 2.75) is 40.5 Å². The average molecular weight is 397 g/mol. The SMILES string of the molecule is CCN(CC)CCC(=O)Cc1c(C)[nH]c(/C=C2\C(=O)Nc3ccc(F)cc32)c1C. The van der Waals surface area contributed by atoms with Crippen molar-refractivity contribution < 1.29 is 14.0 Å². The second-order valence-corrected chi connectivity index (χ2v) is 7.46. The van der Waals surface area contributed by atoms with Gasteiger partial charge >= 0.3 is 0 Å². The fourth-order valence-corrected chi connectivity index (χ4v) is 3.78. The quantitative estimate of drug-likeness (QED) is 0.659. The Hall–Kier alpha value is -2.73. The smallest absolute Gasteiger partial charge is 0.256 e. The molecule has 29 heavy (non-hydrogen) atoms. The molecule has 0 saturated heterocycles. The number of Topliss-reactive ketones (excluding diaryl/α,β-unsaturated/α-hetero) is 1. The van der Waals surface area contributed by atoms with E-state index < -0.39 is 0 Å². The van der Waals surface area contributed by atoms with Crippen LogP contribution in [-0.4, -0.2) is 41.2 Å². The molecule has 0 unspecified atom stereocenters. The summed E-state index contributed by atoms with van der Waals surface area (Å²) in [5, 5.41) is 2.76. The molecule has 0 saturated carbocycles. The summed E-state index contributed by atoms with van der Waals surface area (Å²) in [6.45, 7) is 10.7. The number of nitrogens with zero attached hydrogens (tertiary/aromatic N) is 1. The van der Waals surface area contributed by atoms with Crippen LogP contribution in [0.1, 0.15) is 48.3 Å². The lowest BCUT2D eigenvalue weighted by atomic mass is 10.0. The van der Waals surface area contributed by atoms with Crippen LogP contribution >= 0.6 is 0 Å². The van der Waals surface area contributed by atoms with Crippen LogP contribution in [0.15, 0.2) is 18.2 Å². The first-order chi connectivity index (χ1) is 13.8. The van der Waals surface area contributed by atoms with Crippen LogP contribution in [-0.2, 0) is 16.0 Å². The van der Waals surface area contributed by atoms with Gasteiger partial charge in [0, 0.05) is 42.0 Å². The van der Waals surface area contributed by atoms with Crippen LogP contribution in [0.5, 0.6) is 0 Å². The molecule has 0 spiro atoms. The maximum Gasteiger partial charge on any atom is 0.256 e. The topological polar surface area (TPSA) is 65.2 Å². The highest BCUT2D eigenvalue weighted by Crippen LogP contribution is 2.34. The van der Waals surface area contributed by atoms with Crippen LogP contribution in [0.25, 0.3) is 11.6 Å². The van der Waals surface area contributed by atoms with Crippen molar-refractivity contribution in [2.75, 3.05) is 25.0 Å². The highest BCUT2D eigenvalue weighted by atomic mass is 19.1. The van der Waals surface area contributed by atoms with Gasteiger partial charge in [0.1, 0.15) is 11.6 Å². The highest BCUT2D eigenvalue weighted by molar-refractivity contribution is 6.34. The molecule has 1 aromatic carbocycles. The molecule has 3 rings (SSSR count). The van der Waals surface area contributed by atoms with E-state index in [2.05, 4.69) is 29.0 Å². The molecule has 0 fully saturated rings. The van der Waals surface area contributed by atoms with Gasteiger partial charge in [-0.3, -0.25) is 9.59 Å². The summed E-state index contributed by atoms with van der Waals surface area (Å²) >= 11 is 0. The molecule has 0 bridgehead atoms. The normalized spacial score (nSPS) is 14.6. The first-order valence-electron chi connectivity index (χ1n) is 10.1. The first kappa shape index (κ1) is 21.0. The Labute approximate surface area is 171 Å². The van der Waals surface area contributed by atoms with Crippen LogP contribution in [0.4, 0.5) is 10.1 Å². The zero-order valence-electron chi connectivity index (χ0n) is 17.5. The number of halogens is 1. The number of aromatic nitrogens is 1. The number of benzene rings is 1. The number of aryl methyl sites for hydroxylation is 1. The minimum absolute atomic E-state index is 0.201. The molecule has 1 aliphatic rings. The van der Waals surface area contributed by atoms with E-state index in [4.69, 9.17) is 0 Å². The maximum absolute atomic E-state index is 13.7. The number of ketones is 1. The highest BCUT2D eigenvalue weighted by Gasteiger charge is 2.25. The second-order valence-electron chi connectivity index (χ2n) is 7.46. The van der Waals surface area contributed by atoms with Crippen molar-refractivity contribution in [3.05, 3.63) is 52.1 Å². The molecule has 1 aliphatic heterocycles. The van der Waals surface area contributed by atoms with Crippen molar-refractivity contribution in [1.29, 1.82) is 0 Å². The molecule has 0 aliphatic carbocycles. The molecule has 5 nitrogen and oxygen atoms in total. The molecule has 2 aromatic rings. The number of rotatable bonds is 8. The van der Waals surface area contributed by atoms with E-state index >= 15 is 0 Å². The Balaban J connectivity index is 1.82. The van der Waals surface area contributed by atoms with E-state index in [1.54, 1.807) is 12.1 Å². The predicted octanol–water partition coefficient (Wildman–Crippen LogP) is 4.11. The van der Waals surface area contributed by atoms with Crippen LogP contribution in [0.3, 0.4) is 0 Å². The van der Waals surface area contributed by atoms with Gasteiger partial charge in [-0.05, 0) is 62.3 Å². The average Bonchev–Trinajstić information content (AvgIpc) is 3.13. The zero-order chi connectivity index (χ0) is 21.1. The minimum atomic E-state index is -0.384. The fourth-order valence-electron chi connectivity index (χ4n) is 3.78. The van der Waals surface area contributed by atoms with Gasteiger partial charge in [0.15, 0.2) is 0 Å². The van der Waals surface area contributed by atoms with Crippen molar-refractivity contribution in [1.82, 2.24) is 9.88 Å². The second kappa shape index (κ2) is 8.74. The standard InChI is InChI=1S/C23H28FN3O2/c1-5-27(6-2)10-9-17(28)12-18-14(3)22(25-15(18)4)13-20-19-11-16(24)7-8-21(19)26-23(20)29/h7-8,11,13,25H,5-6,9-10,12H2,1-4H3,(H,26,29)/b20-13-. The molecule has 154 valence electrons. The van der Waals surface area contributed by atoms with Gasteiger partial charge in [-0.2, -0.15) is 0 Å². The number of amides is 1. The summed E-state index contributed by atoms with van der Waals surface area (Å²) in [6, 6.07) is 4.26. The summed E-state index contributed by atoms with van der Waals surface area (Å²) in [5.74, 6) is -0.438. The molecule has 6 heteroatoms. The van der Waals surface area contributed by atoms with E-state index in [0.717, 1.165) is 42.1 Å². The van der Waals surface area contributed by atoms with E-state index in [-0.39, 0.29) is 17.5 Å². The monoisotopic (exact) mass is 397 g/mol. The largest absolute Gasteiger partial charge is 0.359 e. The number of fused-ring (bicyclic) bond motifs is 1.